The highest BCUT2D eigenvalue weighted by Crippen LogP contribution is 2.23. The molecule has 0 aliphatic heterocycles. The van der Waals surface area contributed by atoms with E-state index in [0.717, 1.165) is 12.1 Å². The second-order valence-electron chi connectivity index (χ2n) is 4.51. The molecule has 0 aromatic carbocycles. The Labute approximate surface area is 88.1 Å². The van der Waals surface area contributed by atoms with E-state index in [1.807, 2.05) is 0 Å². The second kappa shape index (κ2) is 6.00. The predicted octanol–water partition coefficient (Wildman–Crippen LogP) is 4.33. The number of allylic oxidation sites excluding steroid dienone is 2. The first-order valence-corrected chi connectivity index (χ1v) is 6.02. The van der Waals surface area contributed by atoms with E-state index >= 15 is 0 Å². The molecule has 1 aliphatic rings. The summed E-state index contributed by atoms with van der Waals surface area (Å²) in [6, 6.07) is 0. The van der Waals surface area contributed by atoms with Crippen LogP contribution in [-0.4, -0.2) is 5.71 Å². The van der Waals surface area contributed by atoms with Crippen LogP contribution in [0.15, 0.2) is 11.6 Å². The van der Waals surface area contributed by atoms with Crippen molar-refractivity contribution < 1.29 is 0 Å². The monoisotopic (exact) mass is 193 g/mol. The van der Waals surface area contributed by atoms with Gasteiger partial charge in [-0.15, -0.1) is 0 Å². The molecule has 80 valence electrons. The van der Waals surface area contributed by atoms with Crippen molar-refractivity contribution in [3.05, 3.63) is 11.6 Å². The SMILES string of the molecule is CCCC(C)C(=N)C=C1CCCCC1. The molecule has 0 bridgehead atoms. The zero-order valence-electron chi connectivity index (χ0n) is 9.60. The fourth-order valence-corrected chi connectivity index (χ4v) is 2.10. The van der Waals surface area contributed by atoms with Crippen LogP contribution in [0.1, 0.15) is 58.8 Å². The molecule has 1 unspecified atom stereocenters. The van der Waals surface area contributed by atoms with Crippen molar-refractivity contribution in [1.29, 1.82) is 5.41 Å². The normalized spacial score (nSPS) is 19.1. The molecule has 1 rings (SSSR count). The van der Waals surface area contributed by atoms with Crippen LogP contribution in [0.4, 0.5) is 0 Å². The first-order chi connectivity index (χ1) is 6.74. The third-order valence-corrected chi connectivity index (χ3v) is 3.11. The van der Waals surface area contributed by atoms with Crippen molar-refractivity contribution >= 4 is 5.71 Å². The molecule has 1 fully saturated rings. The molecule has 1 aliphatic carbocycles. The van der Waals surface area contributed by atoms with Crippen LogP contribution in [0, 0.1) is 11.3 Å². The lowest BCUT2D eigenvalue weighted by Gasteiger charge is -2.15. The van der Waals surface area contributed by atoms with Crippen LogP contribution >= 0.6 is 0 Å². The Bertz CT molecular complexity index is 207. The number of hydrogen-bond acceptors (Lipinski definition) is 1. The fourth-order valence-electron chi connectivity index (χ4n) is 2.10. The second-order valence-corrected chi connectivity index (χ2v) is 4.51. The third kappa shape index (κ3) is 3.65. The van der Waals surface area contributed by atoms with Gasteiger partial charge in [0.05, 0.1) is 0 Å². The van der Waals surface area contributed by atoms with E-state index in [1.165, 1.54) is 44.1 Å². The number of nitrogens with one attached hydrogen (secondary N) is 1. The molecular formula is C13H23N. The molecule has 0 radical (unpaired) electrons. The average Bonchev–Trinajstić information content (AvgIpc) is 2.19. The first-order valence-electron chi connectivity index (χ1n) is 6.02. The van der Waals surface area contributed by atoms with Gasteiger partial charge in [-0.25, -0.2) is 0 Å². The van der Waals surface area contributed by atoms with E-state index in [4.69, 9.17) is 5.41 Å². The Kier molecular flexibility index (Phi) is 4.92. The Balaban J connectivity index is 2.44. The van der Waals surface area contributed by atoms with Gasteiger partial charge in [-0.2, -0.15) is 0 Å². The molecule has 1 atom stereocenters. The summed E-state index contributed by atoms with van der Waals surface area (Å²) in [5.41, 5.74) is 2.37. The van der Waals surface area contributed by atoms with Crippen LogP contribution in [0.25, 0.3) is 0 Å². The lowest BCUT2D eigenvalue weighted by atomic mass is 9.91. The molecule has 0 spiro atoms. The van der Waals surface area contributed by atoms with Crippen molar-refractivity contribution in [2.75, 3.05) is 0 Å². The van der Waals surface area contributed by atoms with E-state index in [0.29, 0.717) is 5.92 Å². The van der Waals surface area contributed by atoms with Gasteiger partial charge in [-0.05, 0) is 44.1 Å². The summed E-state index contributed by atoms with van der Waals surface area (Å²) in [5, 5.41) is 7.96. The van der Waals surface area contributed by atoms with Crippen LogP contribution in [0.3, 0.4) is 0 Å². The molecule has 0 saturated heterocycles. The Morgan fingerprint density at radius 1 is 1.36 bits per heavy atom. The van der Waals surface area contributed by atoms with Crippen LogP contribution in [0.5, 0.6) is 0 Å². The van der Waals surface area contributed by atoms with Crippen LogP contribution in [-0.2, 0) is 0 Å². The highest BCUT2D eigenvalue weighted by Gasteiger charge is 2.09. The zero-order chi connectivity index (χ0) is 10.4. The minimum absolute atomic E-state index is 0.453. The predicted molar refractivity (Wildman–Crippen MR) is 63.0 cm³/mol. The van der Waals surface area contributed by atoms with Gasteiger partial charge in [-0.1, -0.05) is 32.3 Å². The number of rotatable bonds is 4. The molecule has 1 nitrogen and oxygen atoms in total. The molecule has 1 saturated carbocycles. The van der Waals surface area contributed by atoms with Crippen molar-refractivity contribution in [2.24, 2.45) is 5.92 Å². The van der Waals surface area contributed by atoms with Gasteiger partial charge in [0.25, 0.3) is 0 Å². The summed E-state index contributed by atoms with van der Waals surface area (Å²) in [5.74, 6) is 0.453. The van der Waals surface area contributed by atoms with Crippen molar-refractivity contribution in [3.63, 3.8) is 0 Å². The quantitative estimate of drug-likeness (QED) is 0.642. The van der Waals surface area contributed by atoms with Crippen LogP contribution < -0.4 is 0 Å². The highest BCUT2D eigenvalue weighted by molar-refractivity contribution is 5.94. The summed E-state index contributed by atoms with van der Waals surface area (Å²) >= 11 is 0. The van der Waals surface area contributed by atoms with Crippen molar-refractivity contribution in [3.8, 4) is 0 Å². The van der Waals surface area contributed by atoms with Gasteiger partial charge in [0.15, 0.2) is 0 Å². The van der Waals surface area contributed by atoms with Crippen molar-refractivity contribution in [2.45, 2.75) is 58.8 Å². The van der Waals surface area contributed by atoms with E-state index in [-0.39, 0.29) is 0 Å². The summed E-state index contributed by atoms with van der Waals surface area (Å²) in [6.07, 6.45) is 11.0. The molecule has 0 heterocycles. The van der Waals surface area contributed by atoms with Gasteiger partial charge in [0, 0.05) is 5.71 Å². The lowest BCUT2D eigenvalue weighted by Crippen LogP contribution is -2.08. The molecule has 0 amide bonds. The van der Waals surface area contributed by atoms with Gasteiger partial charge in [-0.3, -0.25) is 0 Å². The Morgan fingerprint density at radius 3 is 2.57 bits per heavy atom. The van der Waals surface area contributed by atoms with E-state index in [1.54, 1.807) is 0 Å². The minimum Gasteiger partial charge on any atom is -0.305 e. The first kappa shape index (κ1) is 11.5. The van der Waals surface area contributed by atoms with Gasteiger partial charge in [0.1, 0.15) is 0 Å². The van der Waals surface area contributed by atoms with Gasteiger partial charge >= 0.3 is 0 Å². The molecule has 14 heavy (non-hydrogen) atoms. The summed E-state index contributed by atoms with van der Waals surface area (Å²) in [6.45, 7) is 4.36. The summed E-state index contributed by atoms with van der Waals surface area (Å²) in [4.78, 5) is 0. The molecule has 0 aromatic heterocycles. The zero-order valence-corrected chi connectivity index (χ0v) is 9.60. The maximum absolute atomic E-state index is 7.96. The summed E-state index contributed by atoms with van der Waals surface area (Å²) in [7, 11) is 0. The Hall–Kier alpha value is -0.590. The van der Waals surface area contributed by atoms with E-state index in [2.05, 4.69) is 19.9 Å². The standard InChI is InChI=1S/C13H23N/c1-3-7-11(2)13(14)10-12-8-5-4-6-9-12/h10-11,14H,3-9H2,1-2H3. The average molecular weight is 193 g/mol. The van der Waals surface area contributed by atoms with Crippen molar-refractivity contribution in [1.82, 2.24) is 0 Å². The summed E-state index contributed by atoms with van der Waals surface area (Å²) < 4.78 is 0. The lowest BCUT2D eigenvalue weighted by molar-refractivity contribution is 0.598. The van der Waals surface area contributed by atoms with E-state index in [9.17, 15) is 0 Å². The number of hydrogen-bond donors (Lipinski definition) is 1. The van der Waals surface area contributed by atoms with Gasteiger partial charge in [0.2, 0.25) is 0 Å². The minimum atomic E-state index is 0.453. The molecule has 1 N–H and O–H groups in total. The maximum atomic E-state index is 7.96. The highest BCUT2D eigenvalue weighted by atomic mass is 14.4. The maximum Gasteiger partial charge on any atom is 0.0341 e. The molecule has 0 aromatic rings. The fraction of sp³-hybridized carbons (Fsp3) is 0.769. The third-order valence-electron chi connectivity index (χ3n) is 3.11. The van der Waals surface area contributed by atoms with Gasteiger partial charge < -0.3 is 5.41 Å². The largest absolute Gasteiger partial charge is 0.305 e. The van der Waals surface area contributed by atoms with Crippen LogP contribution in [0.2, 0.25) is 0 Å². The topological polar surface area (TPSA) is 23.9 Å². The molecular weight excluding hydrogens is 170 g/mol. The molecule has 1 heteroatoms. The van der Waals surface area contributed by atoms with E-state index < -0.39 is 0 Å². The smallest absolute Gasteiger partial charge is 0.0341 e. The Morgan fingerprint density at radius 2 is 2.00 bits per heavy atom.